The Morgan fingerprint density at radius 2 is 1.79 bits per heavy atom. The second kappa shape index (κ2) is 8.30. The van der Waals surface area contributed by atoms with Crippen molar-refractivity contribution in [3.8, 4) is 0 Å². The molecule has 2 aliphatic rings. The third kappa shape index (κ3) is 5.18. The summed E-state index contributed by atoms with van der Waals surface area (Å²) in [6.07, 6.45) is 2.26. The van der Waals surface area contributed by atoms with Gasteiger partial charge in [0.25, 0.3) is 0 Å². The number of piperidine rings is 1. The Balaban J connectivity index is 1.39. The van der Waals surface area contributed by atoms with Crippen LogP contribution in [0.2, 0.25) is 0 Å². The fraction of sp³-hybridized carbons (Fsp3) is 0.684. The van der Waals surface area contributed by atoms with E-state index in [0.717, 1.165) is 52.2 Å². The van der Waals surface area contributed by atoms with Crippen LogP contribution in [0.15, 0.2) is 30.3 Å². The Kier molecular flexibility index (Phi) is 6.11. The molecule has 0 saturated carbocycles. The topological polar surface area (TPSA) is 48.0 Å². The highest BCUT2D eigenvalue weighted by Crippen LogP contribution is 2.19. The lowest BCUT2D eigenvalue weighted by Gasteiger charge is -2.37. The smallest absolute Gasteiger partial charge is 0.0869 e. The van der Waals surface area contributed by atoms with Crippen molar-refractivity contribution in [2.45, 2.75) is 31.4 Å². The Labute approximate surface area is 145 Å². The van der Waals surface area contributed by atoms with Crippen LogP contribution in [0, 0.1) is 0 Å². The summed E-state index contributed by atoms with van der Waals surface area (Å²) in [6.45, 7) is 8.86. The molecule has 1 aromatic carbocycles. The molecule has 1 atom stereocenters. The van der Waals surface area contributed by atoms with Crippen LogP contribution in [-0.4, -0.2) is 74.1 Å². The van der Waals surface area contributed by atoms with Crippen molar-refractivity contribution in [3.63, 3.8) is 0 Å². The van der Waals surface area contributed by atoms with Crippen LogP contribution in [-0.2, 0) is 4.74 Å². The molecule has 2 fully saturated rings. The normalized spacial score (nSPS) is 23.2. The standard InChI is InChI=1S/C19H31N3O2/c1-19(23,16-21-11-13-24-14-12-21)15-20-17-7-9-22(10-8-17)18-5-3-2-4-6-18/h2-6,17,20,23H,7-16H2,1H3. The average molecular weight is 333 g/mol. The van der Waals surface area contributed by atoms with Crippen molar-refractivity contribution < 1.29 is 9.84 Å². The number of aliphatic hydroxyl groups is 1. The predicted molar refractivity (Wildman–Crippen MR) is 97.6 cm³/mol. The predicted octanol–water partition coefficient (Wildman–Crippen LogP) is 1.33. The monoisotopic (exact) mass is 333 g/mol. The molecule has 2 heterocycles. The molecular formula is C19H31N3O2. The number of anilines is 1. The summed E-state index contributed by atoms with van der Waals surface area (Å²) in [4.78, 5) is 4.74. The van der Waals surface area contributed by atoms with Gasteiger partial charge in [0, 0.05) is 51.0 Å². The Bertz CT molecular complexity index is 481. The maximum Gasteiger partial charge on any atom is 0.0869 e. The highest BCUT2D eigenvalue weighted by molar-refractivity contribution is 5.46. The molecule has 2 saturated heterocycles. The minimum Gasteiger partial charge on any atom is -0.388 e. The van der Waals surface area contributed by atoms with Crippen LogP contribution < -0.4 is 10.2 Å². The molecule has 0 bridgehead atoms. The zero-order chi connectivity index (χ0) is 16.8. The lowest BCUT2D eigenvalue weighted by Crippen LogP contribution is -2.53. The summed E-state index contributed by atoms with van der Waals surface area (Å²) in [7, 11) is 0. The number of para-hydroxylation sites is 1. The molecule has 3 rings (SSSR count). The van der Waals surface area contributed by atoms with Crippen LogP contribution in [0.1, 0.15) is 19.8 Å². The lowest BCUT2D eigenvalue weighted by molar-refractivity contribution is -0.0231. The van der Waals surface area contributed by atoms with Crippen molar-refractivity contribution in [2.75, 3.05) is 57.4 Å². The lowest BCUT2D eigenvalue weighted by atomic mass is 10.0. The zero-order valence-electron chi connectivity index (χ0n) is 14.8. The molecule has 0 radical (unpaired) electrons. The summed E-state index contributed by atoms with van der Waals surface area (Å²) in [5, 5.41) is 14.3. The number of ether oxygens (including phenoxy) is 1. The molecule has 2 N–H and O–H groups in total. The molecule has 0 aromatic heterocycles. The average Bonchev–Trinajstić information content (AvgIpc) is 2.62. The van der Waals surface area contributed by atoms with Gasteiger partial charge >= 0.3 is 0 Å². The van der Waals surface area contributed by atoms with E-state index in [9.17, 15) is 5.11 Å². The van der Waals surface area contributed by atoms with E-state index in [-0.39, 0.29) is 0 Å². The fourth-order valence-corrected chi connectivity index (χ4v) is 3.64. The Morgan fingerprint density at radius 3 is 2.46 bits per heavy atom. The summed E-state index contributed by atoms with van der Waals surface area (Å²) >= 11 is 0. The van der Waals surface area contributed by atoms with Crippen molar-refractivity contribution >= 4 is 5.69 Å². The van der Waals surface area contributed by atoms with Gasteiger partial charge in [0.05, 0.1) is 18.8 Å². The minimum absolute atomic E-state index is 0.501. The van der Waals surface area contributed by atoms with Crippen LogP contribution >= 0.6 is 0 Å². The number of rotatable bonds is 6. The van der Waals surface area contributed by atoms with Crippen LogP contribution in [0.4, 0.5) is 5.69 Å². The number of hydrogen-bond donors (Lipinski definition) is 2. The third-order valence-electron chi connectivity index (χ3n) is 5.06. The summed E-state index contributed by atoms with van der Waals surface area (Å²) in [5.74, 6) is 0. The van der Waals surface area contributed by atoms with Crippen molar-refractivity contribution in [1.29, 1.82) is 0 Å². The highest BCUT2D eigenvalue weighted by Gasteiger charge is 2.27. The summed E-state index contributed by atoms with van der Waals surface area (Å²) in [6, 6.07) is 11.1. The molecule has 5 heteroatoms. The van der Waals surface area contributed by atoms with Gasteiger partial charge in [0.1, 0.15) is 0 Å². The van der Waals surface area contributed by atoms with Crippen molar-refractivity contribution in [1.82, 2.24) is 10.2 Å². The van der Waals surface area contributed by atoms with E-state index in [4.69, 9.17) is 4.74 Å². The van der Waals surface area contributed by atoms with Gasteiger partial charge in [0.15, 0.2) is 0 Å². The Morgan fingerprint density at radius 1 is 1.12 bits per heavy atom. The van der Waals surface area contributed by atoms with Crippen LogP contribution in [0.5, 0.6) is 0 Å². The van der Waals surface area contributed by atoms with Crippen molar-refractivity contribution in [3.05, 3.63) is 30.3 Å². The molecule has 0 amide bonds. The molecule has 0 aliphatic carbocycles. The first-order valence-electron chi connectivity index (χ1n) is 9.18. The Hall–Kier alpha value is -1.14. The number of hydrogen-bond acceptors (Lipinski definition) is 5. The quantitative estimate of drug-likeness (QED) is 0.822. The van der Waals surface area contributed by atoms with E-state index in [2.05, 4.69) is 45.4 Å². The first kappa shape index (κ1) is 17.7. The maximum atomic E-state index is 10.7. The van der Waals surface area contributed by atoms with Gasteiger partial charge in [-0.1, -0.05) is 18.2 Å². The first-order valence-corrected chi connectivity index (χ1v) is 9.18. The molecule has 24 heavy (non-hydrogen) atoms. The van der Waals surface area contributed by atoms with E-state index in [1.54, 1.807) is 0 Å². The van der Waals surface area contributed by atoms with Crippen LogP contribution in [0.25, 0.3) is 0 Å². The van der Waals surface area contributed by atoms with Gasteiger partial charge < -0.3 is 20.1 Å². The number of benzene rings is 1. The zero-order valence-corrected chi connectivity index (χ0v) is 14.8. The van der Waals surface area contributed by atoms with E-state index in [1.165, 1.54) is 5.69 Å². The van der Waals surface area contributed by atoms with Gasteiger partial charge in [0.2, 0.25) is 0 Å². The SMILES string of the molecule is CC(O)(CNC1CCN(c2ccccc2)CC1)CN1CCOCC1. The van der Waals surface area contributed by atoms with E-state index < -0.39 is 5.60 Å². The van der Waals surface area contributed by atoms with Crippen molar-refractivity contribution in [2.24, 2.45) is 0 Å². The van der Waals surface area contributed by atoms with Gasteiger partial charge in [-0.15, -0.1) is 0 Å². The molecule has 0 spiro atoms. The number of morpholine rings is 1. The maximum absolute atomic E-state index is 10.7. The largest absolute Gasteiger partial charge is 0.388 e. The third-order valence-corrected chi connectivity index (χ3v) is 5.06. The second-order valence-corrected chi connectivity index (χ2v) is 7.36. The van der Waals surface area contributed by atoms with Gasteiger partial charge in [-0.2, -0.15) is 0 Å². The molecule has 134 valence electrons. The van der Waals surface area contributed by atoms with E-state index in [0.29, 0.717) is 19.1 Å². The molecule has 1 unspecified atom stereocenters. The van der Waals surface area contributed by atoms with Gasteiger partial charge in [-0.05, 0) is 31.9 Å². The molecule has 2 aliphatic heterocycles. The molecule has 1 aromatic rings. The molecular weight excluding hydrogens is 302 g/mol. The van der Waals surface area contributed by atoms with E-state index in [1.807, 2.05) is 6.92 Å². The fourth-order valence-electron chi connectivity index (χ4n) is 3.64. The van der Waals surface area contributed by atoms with Gasteiger partial charge in [-0.25, -0.2) is 0 Å². The second-order valence-electron chi connectivity index (χ2n) is 7.36. The summed E-state index contributed by atoms with van der Waals surface area (Å²) in [5.41, 5.74) is 0.628. The summed E-state index contributed by atoms with van der Waals surface area (Å²) < 4.78 is 5.37. The first-order chi connectivity index (χ1) is 11.6. The molecule has 5 nitrogen and oxygen atoms in total. The number of nitrogens with one attached hydrogen (secondary N) is 1. The van der Waals surface area contributed by atoms with Gasteiger partial charge in [-0.3, -0.25) is 4.90 Å². The van der Waals surface area contributed by atoms with E-state index >= 15 is 0 Å². The number of nitrogens with zero attached hydrogens (tertiary/aromatic N) is 2. The highest BCUT2D eigenvalue weighted by atomic mass is 16.5. The number of β-amino-alcohol motifs (C(OH)–C–C–N with tert-alkyl or cyclic N) is 1. The minimum atomic E-state index is -0.687. The van der Waals surface area contributed by atoms with Crippen LogP contribution in [0.3, 0.4) is 0 Å².